The number of H-pyrrole nitrogens is 1. The molecule has 7 nitrogen and oxygen atoms in total. The van der Waals surface area contributed by atoms with Crippen molar-refractivity contribution in [3.63, 3.8) is 0 Å². The Morgan fingerprint density at radius 3 is 3.07 bits per heavy atom. The highest BCUT2D eigenvalue weighted by atomic mass is 16.3. The van der Waals surface area contributed by atoms with Crippen molar-refractivity contribution in [1.82, 2.24) is 19.5 Å². The van der Waals surface area contributed by atoms with Crippen molar-refractivity contribution in [3.8, 4) is 0 Å². The molecule has 2 rings (SSSR count). The smallest absolute Gasteiger partial charge is 0.298 e. The second kappa shape index (κ2) is 3.79. The number of nitrogens with zero attached hydrogens (tertiary/aromatic N) is 3. The molecule has 15 heavy (non-hydrogen) atoms. The summed E-state index contributed by atoms with van der Waals surface area (Å²) in [5.41, 5.74) is 0.322. The minimum atomic E-state index is -0.894. The number of fused-ring (bicyclic) bond motifs is 1. The van der Waals surface area contributed by atoms with Crippen molar-refractivity contribution in [2.45, 2.75) is 12.6 Å². The summed E-state index contributed by atoms with van der Waals surface area (Å²) in [6.07, 6.45) is 1.79. The SMILES string of the molecule is O=c1ncn(CC(O)CO)c2nc[nH]c12. The van der Waals surface area contributed by atoms with Crippen LogP contribution < -0.4 is 5.56 Å². The quantitative estimate of drug-likeness (QED) is 0.570. The molecular formula is C8H10N4O3. The first kappa shape index (κ1) is 9.81. The highest BCUT2D eigenvalue weighted by molar-refractivity contribution is 5.68. The van der Waals surface area contributed by atoms with Crippen molar-refractivity contribution >= 4 is 11.2 Å². The normalized spacial score (nSPS) is 13.2. The average Bonchev–Trinajstić information content (AvgIpc) is 2.71. The van der Waals surface area contributed by atoms with Gasteiger partial charge in [-0.05, 0) is 0 Å². The Morgan fingerprint density at radius 2 is 2.33 bits per heavy atom. The molecule has 80 valence electrons. The molecule has 2 aromatic rings. The molecule has 0 aliphatic rings. The minimum Gasteiger partial charge on any atom is -0.394 e. The largest absolute Gasteiger partial charge is 0.394 e. The van der Waals surface area contributed by atoms with E-state index in [4.69, 9.17) is 5.11 Å². The van der Waals surface area contributed by atoms with Crippen LogP contribution in [0.3, 0.4) is 0 Å². The van der Waals surface area contributed by atoms with E-state index >= 15 is 0 Å². The van der Waals surface area contributed by atoms with Gasteiger partial charge in [-0.2, -0.15) is 4.98 Å². The molecule has 0 spiro atoms. The van der Waals surface area contributed by atoms with Crippen LogP contribution in [0.25, 0.3) is 11.2 Å². The number of hydrogen-bond acceptors (Lipinski definition) is 5. The van der Waals surface area contributed by atoms with Gasteiger partial charge in [-0.1, -0.05) is 0 Å². The van der Waals surface area contributed by atoms with Gasteiger partial charge in [0, 0.05) is 0 Å². The predicted octanol–water partition coefficient (Wildman–Crippen LogP) is -1.53. The van der Waals surface area contributed by atoms with Gasteiger partial charge in [-0.3, -0.25) is 4.79 Å². The molecule has 2 aromatic heterocycles. The van der Waals surface area contributed by atoms with Crippen molar-refractivity contribution in [2.24, 2.45) is 0 Å². The molecule has 0 aliphatic heterocycles. The molecular weight excluding hydrogens is 200 g/mol. The molecule has 0 aliphatic carbocycles. The fourth-order valence-corrected chi connectivity index (χ4v) is 1.32. The number of aliphatic hydroxyl groups excluding tert-OH is 2. The third kappa shape index (κ3) is 1.74. The van der Waals surface area contributed by atoms with Crippen LogP contribution in [0, 0.1) is 0 Å². The molecule has 2 heterocycles. The van der Waals surface area contributed by atoms with E-state index < -0.39 is 11.7 Å². The molecule has 7 heteroatoms. The first-order valence-corrected chi connectivity index (χ1v) is 4.40. The Balaban J connectivity index is 2.48. The van der Waals surface area contributed by atoms with Crippen LogP contribution in [0.5, 0.6) is 0 Å². The fourth-order valence-electron chi connectivity index (χ4n) is 1.32. The van der Waals surface area contributed by atoms with Gasteiger partial charge in [-0.25, -0.2) is 4.98 Å². The molecule has 0 saturated carbocycles. The zero-order valence-corrected chi connectivity index (χ0v) is 7.79. The van der Waals surface area contributed by atoms with Crippen LogP contribution in [0.4, 0.5) is 0 Å². The maximum atomic E-state index is 11.2. The lowest BCUT2D eigenvalue weighted by atomic mass is 10.3. The summed E-state index contributed by atoms with van der Waals surface area (Å²) in [5, 5.41) is 18.0. The topological polar surface area (TPSA) is 104 Å². The van der Waals surface area contributed by atoms with E-state index in [0.29, 0.717) is 11.2 Å². The number of imidazole rings is 1. The summed E-state index contributed by atoms with van der Waals surface area (Å²) in [6.45, 7) is -0.205. The first-order chi connectivity index (χ1) is 7.22. The summed E-state index contributed by atoms with van der Waals surface area (Å²) in [7, 11) is 0. The molecule has 1 unspecified atom stereocenters. The van der Waals surface area contributed by atoms with Gasteiger partial charge in [0.2, 0.25) is 0 Å². The molecule has 0 amide bonds. The number of hydrogen-bond donors (Lipinski definition) is 3. The lowest BCUT2D eigenvalue weighted by Gasteiger charge is -2.09. The van der Waals surface area contributed by atoms with Crippen LogP contribution >= 0.6 is 0 Å². The summed E-state index contributed by atoms with van der Waals surface area (Å²) in [4.78, 5) is 21.5. The lowest BCUT2D eigenvalue weighted by Crippen LogP contribution is -2.22. The third-order valence-electron chi connectivity index (χ3n) is 2.04. The fraction of sp³-hybridized carbons (Fsp3) is 0.375. The standard InChI is InChI=1S/C8H10N4O3/c13-2-5(14)1-12-4-11-8(15)6-7(12)10-3-9-6/h3-5,13-14H,1-2H2,(H,9,10). The van der Waals surface area contributed by atoms with Crippen molar-refractivity contribution in [1.29, 1.82) is 0 Å². The Labute approximate surface area is 84.0 Å². The van der Waals surface area contributed by atoms with Gasteiger partial charge in [0.05, 0.1) is 25.6 Å². The Morgan fingerprint density at radius 1 is 1.53 bits per heavy atom. The van der Waals surface area contributed by atoms with E-state index in [1.54, 1.807) is 0 Å². The van der Waals surface area contributed by atoms with E-state index in [1.807, 2.05) is 0 Å². The summed E-state index contributed by atoms with van der Waals surface area (Å²) in [6, 6.07) is 0. The molecule has 1 atom stereocenters. The maximum Gasteiger partial charge on any atom is 0.298 e. The highest BCUT2D eigenvalue weighted by Crippen LogP contribution is 2.03. The van der Waals surface area contributed by atoms with E-state index in [0.717, 1.165) is 0 Å². The maximum absolute atomic E-state index is 11.2. The molecule has 3 N–H and O–H groups in total. The van der Waals surface area contributed by atoms with Gasteiger partial charge in [-0.15, -0.1) is 0 Å². The second-order valence-corrected chi connectivity index (χ2v) is 3.14. The van der Waals surface area contributed by atoms with Crippen LogP contribution in [0.15, 0.2) is 17.4 Å². The van der Waals surface area contributed by atoms with Gasteiger partial charge in [0.25, 0.3) is 5.56 Å². The third-order valence-corrected chi connectivity index (χ3v) is 2.04. The van der Waals surface area contributed by atoms with Crippen LogP contribution in [-0.4, -0.2) is 42.4 Å². The summed E-state index contributed by atoms with van der Waals surface area (Å²) >= 11 is 0. The predicted molar refractivity (Wildman–Crippen MR) is 51.2 cm³/mol. The Bertz CT molecular complexity index is 518. The number of rotatable bonds is 3. The number of nitrogens with one attached hydrogen (secondary N) is 1. The Kier molecular flexibility index (Phi) is 2.48. The molecule has 0 aromatic carbocycles. The summed E-state index contributed by atoms with van der Waals surface area (Å²) < 4.78 is 1.51. The van der Waals surface area contributed by atoms with Gasteiger partial charge in [0.15, 0.2) is 11.2 Å². The average molecular weight is 210 g/mol. The molecule has 0 fully saturated rings. The number of aromatic nitrogens is 4. The first-order valence-electron chi connectivity index (χ1n) is 4.40. The Hall–Kier alpha value is -1.73. The minimum absolute atomic E-state index is 0.144. The molecule has 0 bridgehead atoms. The lowest BCUT2D eigenvalue weighted by molar-refractivity contribution is 0.0817. The zero-order valence-electron chi connectivity index (χ0n) is 7.79. The van der Waals surface area contributed by atoms with Gasteiger partial charge >= 0.3 is 0 Å². The van der Waals surface area contributed by atoms with Crippen molar-refractivity contribution in [3.05, 3.63) is 23.0 Å². The highest BCUT2D eigenvalue weighted by Gasteiger charge is 2.09. The second-order valence-electron chi connectivity index (χ2n) is 3.14. The number of aromatic amines is 1. The van der Waals surface area contributed by atoms with E-state index in [1.165, 1.54) is 17.2 Å². The van der Waals surface area contributed by atoms with Crippen LogP contribution in [0.1, 0.15) is 0 Å². The molecule has 0 saturated heterocycles. The van der Waals surface area contributed by atoms with Crippen LogP contribution in [-0.2, 0) is 6.54 Å². The monoisotopic (exact) mass is 210 g/mol. The van der Waals surface area contributed by atoms with Gasteiger partial charge < -0.3 is 19.8 Å². The number of aliphatic hydroxyl groups is 2. The summed E-state index contributed by atoms with van der Waals surface area (Å²) in [5.74, 6) is 0. The van der Waals surface area contributed by atoms with Crippen molar-refractivity contribution in [2.75, 3.05) is 6.61 Å². The van der Waals surface area contributed by atoms with E-state index in [9.17, 15) is 9.90 Å². The van der Waals surface area contributed by atoms with E-state index in [2.05, 4.69) is 15.0 Å². The van der Waals surface area contributed by atoms with E-state index in [-0.39, 0.29) is 13.2 Å². The zero-order chi connectivity index (χ0) is 10.8. The van der Waals surface area contributed by atoms with Crippen LogP contribution in [0.2, 0.25) is 0 Å². The van der Waals surface area contributed by atoms with Crippen molar-refractivity contribution < 1.29 is 10.2 Å². The molecule has 0 radical (unpaired) electrons. The van der Waals surface area contributed by atoms with Gasteiger partial charge in [0.1, 0.15) is 6.33 Å².